The van der Waals surface area contributed by atoms with Crippen LogP contribution in [0.4, 0.5) is 10.3 Å². The normalized spacial score (nSPS) is 12.3. The first kappa shape index (κ1) is 13.3. The van der Waals surface area contributed by atoms with Crippen LogP contribution in [-0.4, -0.2) is 15.2 Å². The van der Waals surface area contributed by atoms with Crippen LogP contribution in [0.1, 0.15) is 24.2 Å². The summed E-state index contributed by atoms with van der Waals surface area (Å²) in [5, 5.41) is 6.61. The number of aromatic amines is 1. The van der Waals surface area contributed by atoms with E-state index in [0.29, 0.717) is 11.4 Å². The van der Waals surface area contributed by atoms with Crippen molar-refractivity contribution in [1.82, 2.24) is 15.2 Å². The first-order valence-corrected chi connectivity index (χ1v) is 6.68. The fraction of sp³-hybridized carbons (Fsp3) is 0.125. The number of hydrogen-bond acceptors (Lipinski definition) is 3. The van der Waals surface area contributed by atoms with Gasteiger partial charge in [-0.1, -0.05) is 49.4 Å². The van der Waals surface area contributed by atoms with Crippen molar-refractivity contribution < 1.29 is 4.39 Å². The van der Waals surface area contributed by atoms with Gasteiger partial charge in [-0.25, -0.2) is 9.49 Å². The lowest BCUT2D eigenvalue weighted by Gasteiger charge is -2.10. The molecule has 1 unspecified atom stereocenters. The summed E-state index contributed by atoms with van der Waals surface area (Å²) in [6, 6.07) is 14.7. The molecule has 0 spiro atoms. The number of aromatic nitrogens is 3. The summed E-state index contributed by atoms with van der Waals surface area (Å²) in [6.07, 6.45) is 0. The highest BCUT2D eigenvalue weighted by Crippen LogP contribution is 2.28. The highest BCUT2D eigenvalue weighted by atomic mass is 19.1. The van der Waals surface area contributed by atoms with E-state index < -0.39 is 0 Å². The van der Waals surface area contributed by atoms with Gasteiger partial charge in [-0.15, -0.1) is 0 Å². The third-order valence-electron chi connectivity index (χ3n) is 3.49. The topological polar surface area (TPSA) is 67.6 Å². The molecule has 0 amide bonds. The summed E-state index contributed by atoms with van der Waals surface area (Å²) in [4.78, 5) is 4.09. The van der Waals surface area contributed by atoms with E-state index in [0.717, 1.165) is 11.1 Å². The lowest BCUT2D eigenvalue weighted by molar-refractivity contribution is 0.627. The Morgan fingerprint density at radius 2 is 1.90 bits per heavy atom. The Bertz CT molecular complexity index is 752. The lowest BCUT2D eigenvalue weighted by atomic mass is 9.96. The third kappa shape index (κ3) is 2.63. The number of benzene rings is 2. The summed E-state index contributed by atoms with van der Waals surface area (Å²) in [5.74, 6) is 0.435. The molecule has 21 heavy (non-hydrogen) atoms. The minimum absolute atomic E-state index is 0.127. The molecule has 0 bridgehead atoms. The van der Waals surface area contributed by atoms with Gasteiger partial charge >= 0.3 is 0 Å². The van der Waals surface area contributed by atoms with Crippen molar-refractivity contribution in [3.05, 3.63) is 65.7 Å². The Morgan fingerprint density at radius 1 is 1.14 bits per heavy atom. The third-order valence-corrected chi connectivity index (χ3v) is 3.49. The molecule has 5 heteroatoms. The van der Waals surface area contributed by atoms with E-state index in [9.17, 15) is 4.39 Å². The zero-order valence-corrected chi connectivity index (χ0v) is 11.5. The molecule has 0 fully saturated rings. The van der Waals surface area contributed by atoms with E-state index in [-0.39, 0.29) is 17.7 Å². The van der Waals surface area contributed by atoms with Crippen molar-refractivity contribution >= 4 is 5.95 Å². The Labute approximate surface area is 121 Å². The quantitative estimate of drug-likeness (QED) is 0.774. The van der Waals surface area contributed by atoms with Gasteiger partial charge < -0.3 is 5.73 Å². The van der Waals surface area contributed by atoms with Crippen molar-refractivity contribution in [3.63, 3.8) is 0 Å². The maximum absolute atomic E-state index is 14.3. The average molecular weight is 282 g/mol. The fourth-order valence-corrected chi connectivity index (χ4v) is 2.28. The summed E-state index contributed by atoms with van der Waals surface area (Å²) in [7, 11) is 0. The maximum atomic E-state index is 14.3. The van der Waals surface area contributed by atoms with E-state index in [1.807, 2.05) is 43.3 Å². The van der Waals surface area contributed by atoms with Gasteiger partial charge in [-0.2, -0.15) is 10.1 Å². The van der Waals surface area contributed by atoms with Crippen LogP contribution in [0.3, 0.4) is 0 Å². The molecule has 3 N–H and O–H groups in total. The highest BCUT2D eigenvalue weighted by molar-refractivity contribution is 5.64. The molecule has 0 saturated heterocycles. The van der Waals surface area contributed by atoms with E-state index in [1.54, 1.807) is 6.07 Å². The minimum Gasteiger partial charge on any atom is -0.368 e. The molecular weight excluding hydrogens is 267 g/mol. The molecule has 4 nitrogen and oxygen atoms in total. The van der Waals surface area contributed by atoms with Gasteiger partial charge in [0.1, 0.15) is 5.82 Å². The lowest BCUT2D eigenvalue weighted by Crippen LogP contribution is -2.00. The van der Waals surface area contributed by atoms with Crippen LogP contribution >= 0.6 is 0 Å². The van der Waals surface area contributed by atoms with Gasteiger partial charge in [0, 0.05) is 11.5 Å². The number of nitrogens with zero attached hydrogens (tertiary/aromatic N) is 2. The Morgan fingerprint density at radius 3 is 2.52 bits per heavy atom. The Hall–Kier alpha value is -2.69. The van der Waals surface area contributed by atoms with Crippen molar-refractivity contribution in [3.8, 4) is 11.1 Å². The molecule has 1 aromatic heterocycles. The zero-order chi connectivity index (χ0) is 14.8. The van der Waals surface area contributed by atoms with Gasteiger partial charge in [0.15, 0.2) is 5.82 Å². The van der Waals surface area contributed by atoms with Crippen molar-refractivity contribution in [2.45, 2.75) is 12.8 Å². The molecule has 0 aliphatic heterocycles. The second-order valence-corrected chi connectivity index (χ2v) is 4.91. The minimum atomic E-state index is -0.256. The summed E-state index contributed by atoms with van der Waals surface area (Å²) in [5.41, 5.74) is 7.77. The number of nitrogens with one attached hydrogen (secondary N) is 1. The number of hydrogen-bond donors (Lipinski definition) is 2. The molecule has 0 aliphatic rings. The average Bonchev–Trinajstić information content (AvgIpc) is 2.94. The second kappa shape index (κ2) is 5.36. The molecule has 106 valence electrons. The van der Waals surface area contributed by atoms with Gasteiger partial charge in [-0.3, -0.25) is 0 Å². The first-order chi connectivity index (χ1) is 10.1. The SMILES string of the molecule is CC(c1ccc(-c2ccccc2)c(F)c1)c1n[nH]c(N)n1. The first-order valence-electron chi connectivity index (χ1n) is 6.68. The molecule has 3 aromatic rings. The van der Waals surface area contributed by atoms with Crippen LogP contribution in [0.15, 0.2) is 48.5 Å². The van der Waals surface area contributed by atoms with E-state index in [1.165, 1.54) is 6.07 Å². The van der Waals surface area contributed by atoms with E-state index in [4.69, 9.17) is 5.73 Å². The monoisotopic (exact) mass is 282 g/mol. The second-order valence-electron chi connectivity index (χ2n) is 4.91. The highest BCUT2D eigenvalue weighted by Gasteiger charge is 2.15. The van der Waals surface area contributed by atoms with Crippen LogP contribution in [0.5, 0.6) is 0 Å². The van der Waals surface area contributed by atoms with Crippen LogP contribution < -0.4 is 5.73 Å². The van der Waals surface area contributed by atoms with Crippen LogP contribution in [0.25, 0.3) is 11.1 Å². The number of halogens is 1. The predicted molar refractivity (Wildman–Crippen MR) is 80.1 cm³/mol. The molecule has 3 rings (SSSR count). The standard InChI is InChI=1S/C16H15FN4/c1-10(15-19-16(18)21-20-15)12-7-8-13(14(17)9-12)11-5-3-2-4-6-11/h2-10H,1H3,(H3,18,19,20,21). The fourth-order valence-electron chi connectivity index (χ4n) is 2.28. The van der Waals surface area contributed by atoms with Crippen molar-refractivity contribution in [2.24, 2.45) is 0 Å². The van der Waals surface area contributed by atoms with Crippen LogP contribution in [0, 0.1) is 5.82 Å². The van der Waals surface area contributed by atoms with Gasteiger partial charge in [0.2, 0.25) is 5.95 Å². The summed E-state index contributed by atoms with van der Waals surface area (Å²) in [6.45, 7) is 1.92. The van der Waals surface area contributed by atoms with Gasteiger partial charge in [0.05, 0.1) is 0 Å². The number of anilines is 1. The summed E-state index contributed by atoms with van der Waals surface area (Å²) >= 11 is 0. The number of nitrogens with two attached hydrogens (primary N) is 1. The largest absolute Gasteiger partial charge is 0.368 e. The Kier molecular flexibility index (Phi) is 3.39. The van der Waals surface area contributed by atoms with E-state index in [2.05, 4.69) is 15.2 Å². The van der Waals surface area contributed by atoms with Crippen LogP contribution in [-0.2, 0) is 0 Å². The molecule has 2 aromatic carbocycles. The molecule has 0 radical (unpaired) electrons. The van der Waals surface area contributed by atoms with E-state index >= 15 is 0 Å². The van der Waals surface area contributed by atoms with Gasteiger partial charge in [-0.05, 0) is 17.2 Å². The Balaban J connectivity index is 1.94. The molecule has 0 aliphatic carbocycles. The molecular formula is C16H15FN4. The van der Waals surface area contributed by atoms with Crippen molar-refractivity contribution in [2.75, 3.05) is 5.73 Å². The van der Waals surface area contributed by atoms with Gasteiger partial charge in [0.25, 0.3) is 0 Å². The smallest absolute Gasteiger partial charge is 0.216 e. The number of rotatable bonds is 3. The predicted octanol–water partition coefficient (Wildman–Crippen LogP) is 3.34. The molecule has 1 atom stereocenters. The van der Waals surface area contributed by atoms with Crippen molar-refractivity contribution in [1.29, 1.82) is 0 Å². The zero-order valence-electron chi connectivity index (χ0n) is 11.5. The number of H-pyrrole nitrogens is 1. The maximum Gasteiger partial charge on any atom is 0.216 e. The van der Waals surface area contributed by atoms with Crippen LogP contribution in [0.2, 0.25) is 0 Å². The molecule has 1 heterocycles. The number of nitrogen functional groups attached to an aromatic ring is 1. The molecule has 0 saturated carbocycles. The summed E-state index contributed by atoms with van der Waals surface area (Å²) < 4.78 is 14.3.